The molecule has 3 rings (SSSR count). The summed E-state index contributed by atoms with van der Waals surface area (Å²) in [7, 11) is 0. The Kier molecular flexibility index (Phi) is 3.52. The zero-order chi connectivity index (χ0) is 13.9. The van der Waals surface area contributed by atoms with E-state index in [4.69, 9.17) is 0 Å². The van der Waals surface area contributed by atoms with Crippen molar-refractivity contribution < 1.29 is 0 Å². The van der Waals surface area contributed by atoms with Gasteiger partial charge in [0.15, 0.2) is 5.82 Å². The van der Waals surface area contributed by atoms with Crippen molar-refractivity contribution in [3.05, 3.63) is 72.1 Å². The first-order chi connectivity index (χ1) is 9.77. The van der Waals surface area contributed by atoms with Gasteiger partial charge in [-0.2, -0.15) is 12.6 Å². The van der Waals surface area contributed by atoms with Gasteiger partial charge in [-0.1, -0.05) is 24.3 Å². The summed E-state index contributed by atoms with van der Waals surface area (Å²) in [4.78, 5) is 4.34. The molecule has 0 amide bonds. The lowest BCUT2D eigenvalue weighted by Crippen LogP contribution is -2.07. The highest BCUT2D eigenvalue weighted by Crippen LogP contribution is 2.27. The number of para-hydroxylation sites is 1. The summed E-state index contributed by atoms with van der Waals surface area (Å²) in [6, 6.07) is 15.8. The quantitative estimate of drug-likeness (QED) is 0.751. The maximum atomic E-state index is 4.66. The zero-order valence-electron chi connectivity index (χ0n) is 11.0. The first-order valence-corrected chi connectivity index (χ1v) is 6.85. The Morgan fingerprint density at radius 2 is 1.75 bits per heavy atom. The molecule has 5 heteroatoms. The van der Waals surface area contributed by atoms with Gasteiger partial charge in [0.2, 0.25) is 0 Å². The van der Waals surface area contributed by atoms with E-state index in [1.54, 1.807) is 6.20 Å². The van der Waals surface area contributed by atoms with Gasteiger partial charge >= 0.3 is 0 Å². The molecule has 20 heavy (non-hydrogen) atoms. The van der Waals surface area contributed by atoms with Crippen LogP contribution in [0, 0.1) is 6.92 Å². The van der Waals surface area contributed by atoms with Gasteiger partial charge in [0.05, 0.1) is 5.69 Å². The van der Waals surface area contributed by atoms with Crippen LogP contribution in [-0.2, 0) is 0 Å². The lowest BCUT2D eigenvalue weighted by molar-refractivity contribution is 0.864. The van der Waals surface area contributed by atoms with Crippen LogP contribution in [0.2, 0.25) is 0 Å². The highest BCUT2D eigenvalue weighted by molar-refractivity contribution is 7.80. The van der Waals surface area contributed by atoms with Crippen molar-refractivity contribution in [2.24, 2.45) is 0 Å². The fourth-order valence-electron chi connectivity index (χ4n) is 2.12. The fraction of sp³-hybridized carbons (Fsp3) is 0.133. The minimum absolute atomic E-state index is 0.211. The lowest BCUT2D eigenvalue weighted by Gasteiger charge is -2.13. The Bertz CT molecular complexity index is 694. The van der Waals surface area contributed by atoms with Gasteiger partial charge < -0.3 is 0 Å². The Hall–Kier alpha value is -2.14. The Morgan fingerprint density at radius 1 is 1.00 bits per heavy atom. The summed E-state index contributed by atoms with van der Waals surface area (Å²) < 4.78 is 2.01. The third-order valence-electron chi connectivity index (χ3n) is 3.08. The van der Waals surface area contributed by atoms with Crippen LogP contribution in [0.3, 0.4) is 0 Å². The lowest BCUT2D eigenvalue weighted by atomic mass is 10.2. The molecule has 0 fully saturated rings. The first-order valence-electron chi connectivity index (χ1n) is 6.33. The molecule has 0 aliphatic rings. The van der Waals surface area contributed by atoms with Crippen molar-refractivity contribution in [1.82, 2.24) is 19.7 Å². The molecular weight excluding hydrogens is 268 g/mol. The monoisotopic (exact) mass is 282 g/mol. The number of thiol groups is 1. The number of benzene rings is 1. The molecule has 0 radical (unpaired) electrons. The molecule has 100 valence electrons. The smallest absolute Gasteiger partial charge is 0.156 e. The van der Waals surface area contributed by atoms with E-state index in [2.05, 4.69) is 27.8 Å². The number of aromatic nitrogens is 4. The second kappa shape index (κ2) is 5.46. The van der Waals surface area contributed by atoms with Crippen molar-refractivity contribution in [1.29, 1.82) is 0 Å². The van der Waals surface area contributed by atoms with E-state index in [1.807, 2.05) is 60.0 Å². The van der Waals surface area contributed by atoms with Gasteiger partial charge in [-0.3, -0.25) is 9.55 Å². The molecule has 1 atom stereocenters. The number of aryl methyl sites for hydroxylation is 1. The van der Waals surface area contributed by atoms with Crippen molar-refractivity contribution in [3.8, 4) is 5.69 Å². The number of pyridine rings is 1. The number of hydrogen-bond donors (Lipinski definition) is 1. The Labute approximate surface area is 122 Å². The summed E-state index contributed by atoms with van der Waals surface area (Å²) in [5.74, 6) is 1.61. The average Bonchev–Trinajstić information content (AvgIpc) is 2.90. The molecule has 0 aliphatic heterocycles. The first kappa shape index (κ1) is 12.9. The highest BCUT2D eigenvalue weighted by atomic mass is 32.1. The minimum atomic E-state index is -0.211. The fourth-order valence-corrected chi connectivity index (χ4v) is 2.44. The van der Waals surface area contributed by atoms with Crippen LogP contribution >= 0.6 is 12.6 Å². The van der Waals surface area contributed by atoms with Crippen molar-refractivity contribution in [2.45, 2.75) is 12.2 Å². The van der Waals surface area contributed by atoms with Gasteiger partial charge in [0, 0.05) is 11.9 Å². The Morgan fingerprint density at radius 3 is 2.45 bits per heavy atom. The standard InChI is InChI=1S/C15H14N4S/c1-11-17-18-15(14(20)13-9-5-6-10-16-13)19(11)12-7-3-2-4-8-12/h2-10,14,20H,1H3. The van der Waals surface area contributed by atoms with Crippen molar-refractivity contribution >= 4 is 12.6 Å². The molecule has 2 aromatic heterocycles. The van der Waals surface area contributed by atoms with Gasteiger partial charge in [-0.05, 0) is 31.2 Å². The number of rotatable bonds is 3. The summed E-state index contributed by atoms with van der Waals surface area (Å²) in [6.07, 6.45) is 1.76. The topological polar surface area (TPSA) is 43.6 Å². The SMILES string of the molecule is Cc1nnc(C(S)c2ccccn2)n1-c1ccccc1. The van der Waals surface area contributed by atoms with Gasteiger partial charge in [-0.15, -0.1) is 10.2 Å². The van der Waals surface area contributed by atoms with E-state index >= 15 is 0 Å². The predicted molar refractivity (Wildman–Crippen MR) is 81.2 cm³/mol. The second-order valence-electron chi connectivity index (χ2n) is 4.43. The van der Waals surface area contributed by atoms with E-state index in [-0.39, 0.29) is 5.25 Å². The average molecular weight is 282 g/mol. The second-order valence-corrected chi connectivity index (χ2v) is 4.95. The van der Waals surface area contributed by atoms with Crippen LogP contribution in [-0.4, -0.2) is 19.7 Å². The maximum Gasteiger partial charge on any atom is 0.156 e. The molecule has 4 nitrogen and oxygen atoms in total. The van der Waals surface area contributed by atoms with E-state index in [0.717, 1.165) is 23.0 Å². The number of hydrogen-bond acceptors (Lipinski definition) is 4. The van der Waals surface area contributed by atoms with Crippen LogP contribution < -0.4 is 0 Å². The molecule has 2 heterocycles. The maximum absolute atomic E-state index is 4.66. The molecule has 1 aromatic carbocycles. The molecule has 0 aliphatic carbocycles. The van der Waals surface area contributed by atoms with Crippen LogP contribution in [0.1, 0.15) is 22.6 Å². The molecule has 1 unspecified atom stereocenters. The van der Waals surface area contributed by atoms with Crippen LogP contribution in [0.15, 0.2) is 54.7 Å². The van der Waals surface area contributed by atoms with E-state index in [9.17, 15) is 0 Å². The predicted octanol–water partition coefficient (Wildman–Crippen LogP) is 2.99. The van der Waals surface area contributed by atoms with Crippen molar-refractivity contribution in [2.75, 3.05) is 0 Å². The third kappa shape index (κ3) is 2.32. The number of nitrogens with zero attached hydrogens (tertiary/aromatic N) is 4. The minimum Gasteiger partial charge on any atom is -0.282 e. The molecule has 0 saturated heterocycles. The normalized spacial score (nSPS) is 12.3. The van der Waals surface area contributed by atoms with E-state index < -0.39 is 0 Å². The molecule has 3 aromatic rings. The third-order valence-corrected chi connectivity index (χ3v) is 3.57. The van der Waals surface area contributed by atoms with Crippen LogP contribution in [0.25, 0.3) is 5.69 Å². The van der Waals surface area contributed by atoms with Gasteiger partial charge in [0.1, 0.15) is 11.1 Å². The molecule has 0 bridgehead atoms. The summed E-state index contributed by atoms with van der Waals surface area (Å²) in [5.41, 5.74) is 1.89. The van der Waals surface area contributed by atoms with Crippen LogP contribution in [0.5, 0.6) is 0 Å². The van der Waals surface area contributed by atoms with Gasteiger partial charge in [0.25, 0.3) is 0 Å². The molecular formula is C15H14N4S. The molecule has 0 spiro atoms. The van der Waals surface area contributed by atoms with Crippen molar-refractivity contribution in [3.63, 3.8) is 0 Å². The molecule has 0 saturated carbocycles. The van der Waals surface area contributed by atoms with Crippen LogP contribution in [0.4, 0.5) is 0 Å². The summed E-state index contributed by atoms with van der Waals surface area (Å²) in [6.45, 7) is 1.93. The highest BCUT2D eigenvalue weighted by Gasteiger charge is 2.20. The Balaban J connectivity index is 2.08. The van der Waals surface area contributed by atoms with Gasteiger partial charge in [-0.25, -0.2) is 0 Å². The van der Waals surface area contributed by atoms with E-state index in [1.165, 1.54) is 0 Å². The summed E-state index contributed by atoms with van der Waals surface area (Å²) >= 11 is 4.66. The molecule has 0 N–H and O–H groups in total. The zero-order valence-corrected chi connectivity index (χ0v) is 11.9. The largest absolute Gasteiger partial charge is 0.282 e. The summed E-state index contributed by atoms with van der Waals surface area (Å²) in [5, 5.41) is 8.23. The van der Waals surface area contributed by atoms with E-state index in [0.29, 0.717) is 0 Å².